The van der Waals surface area contributed by atoms with Gasteiger partial charge in [-0.05, 0) is 45.8 Å². The maximum Gasteiger partial charge on any atom is 0.295 e. The number of aromatic nitrogens is 2. The van der Waals surface area contributed by atoms with Crippen molar-refractivity contribution < 1.29 is 24.2 Å². The first kappa shape index (κ1) is 24.8. The van der Waals surface area contributed by atoms with Gasteiger partial charge < -0.3 is 24.4 Å². The van der Waals surface area contributed by atoms with Crippen LogP contribution >= 0.6 is 0 Å². The number of Topliss-reactive ketones (excluding diaryl/α,β-unsaturated/α-hetero) is 1. The molecule has 2 fully saturated rings. The molecule has 0 radical (unpaired) electrons. The van der Waals surface area contributed by atoms with Gasteiger partial charge in [0.1, 0.15) is 5.76 Å². The number of aliphatic hydroxyl groups excluding tert-OH is 1. The average molecular weight is 483 g/mol. The summed E-state index contributed by atoms with van der Waals surface area (Å²) in [6.45, 7) is 6.56. The third-order valence-corrected chi connectivity index (χ3v) is 7.12. The molecule has 35 heavy (non-hydrogen) atoms. The molecule has 0 saturated carbocycles. The molecule has 9 heteroatoms. The van der Waals surface area contributed by atoms with Gasteiger partial charge in [-0.3, -0.25) is 14.3 Å². The van der Waals surface area contributed by atoms with E-state index in [1.165, 1.54) is 20.6 Å². The standard InChI is InChI=1S/C26H34N4O5/c1-16-20(17(2)28(3)27-16)23(31)21-22(18-10-9-11-19(34-4)25(18)35-5)30(26(33)24(21)32)15-14-29-12-7-6-8-13-29/h9-11,22,31H,6-8,12-15H2,1-5H3/b23-21+. The molecule has 2 saturated heterocycles. The number of ether oxygens (including phenoxy) is 2. The number of rotatable bonds is 7. The molecule has 2 aliphatic heterocycles. The summed E-state index contributed by atoms with van der Waals surface area (Å²) in [4.78, 5) is 30.7. The number of methoxy groups -OCH3 is 2. The molecule has 1 atom stereocenters. The minimum atomic E-state index is -0.816. The number of ketones is 1. The van der Waals surface area contributed by atoms with Gasteiger partial charge in [0.2, 0.25) is 0 Å². The van der Waals surface area contributed by atoms with Gasteiger partial charge in [-0.2, -0.15) is 5.10 Å². The molecule has 4 rings (SSSR count). The first-order valence-electron chi connectivity index (χ1n) is 12.0. The predicted molar refractivity (Wildman–Crippen MR) is 132 cm³/mol. The quantitative estimate of drug-likeness (QED) is 0.368. The van der Waals surface area contributed by atoms with Gasteiger partial charge in [0.15, 0.2) is 11.5 Å². The second kappa shape index (κ2) is 10.1. The van der Waals surface area contributed by atoms with Crippen molar-refractivity contribution in [3.05, 3.63) is 46.3 Å². The van der Waals surface area contributed by atoms with Crippen LogP contribution in [0.4, 0.5) is 0 Å². The van der Waals surface area contributed by atoms with Crippen molar-refractivity contribution in [1.29, 1.82) is 0 Å². The SMILES string of the molecule is COc1cccc(C2/C(=C(\O)c3c(C)nn(C)c3C)C(=O)C(=O)N2CCN2CCCCC2)c1OC. The Hall–Kier alpha value is -3.33. The van der Waals surface area contributed by atoms with Crippen molar-refractivity contribution in [2.75, 3.05) is 40.4 Å². The van der Waals surface area contributed by atoms with E-state index in [0.717, 1.165) is 25.9 Å². The molecule has 1 amide bonds. The highest BCUT2D eigenvalue weighted by molar-refractivity contribution is 6.46. The molecule has 1 aromatic heterocycles. The van der Waals surface area contributed by atoms with Crippen LogP contribution in [0.15, 0.2) is 23.8 Å². The molecular formula is C26H34N4O5. The van der Waals surface area contributed by atoms with Crippen molar-refractivity contribution in [3.63, 3.8) is 0 Å². The van der Waals surface area contributed by atoms with Gasteiger partial charge in [0.25, 0.3) is 11.7 Å². The molecule has 188 valence electrons. The number of hydrogen-bond acceptors (Lipinski definition) is 7. The zero-order valence-electron chi connectivity index (χ0n) is 21.1. The summed E-state index contributed by atoms with van der Waals surface area (Å²) in [6.07, 6.45) is 3.48. The van der Waals surface area contributed by atoms with E-state index in [4.69, 9.17) is 9.47 Å². The van der Waals surface area contributed by atoms with Crippen LogP contribution in [0.1, 0.15) is 47.8 Å². The molecule has 9 nitrogen and oxygen atoms in total. The second-order valence-corrected chi connectivity index (χ2v) is 9.15. The zero-order valence-corrected chi connectivity index (χ0v) is 21.1. The third-order valence-electron chi connectivity index (χ3n) is 7.12. The zero-order chi connectivity index (χ0) is 25.3. The highest BCUT2D eigenvalue weighted by Crippen LogP contribution is 2.45. The fraction of sp³-hybridized carbons (Fsp3) is 0.500. The number of benzene rings is 1. The van der Waals surface area contributed by atoms with E-state index in [9.17, 15) is 14.7 Å². The van der Waals surface area contributed by atoms with Gasteiger partial charge >= 0.3 is 0 Å². The van der Waals surface area contributed by atoms with E-state index in [0.29, 0.717) is 47.1 Å². The normalized spacial score (nSPS) is 20.5. The maximum atomic E-state index is 13.4. The van der Waals surface area contributed by atoms with E-state index >= 15 is 0 Å². The Labute approximate surface area is 205 Å². The monoisotopic (exact) mass is 482 g/mol. The minimum absolute atomic E-state index is 0.0411. The lowest BCUT2D eigenvalue weighted by atomic mass is 9.93. The van der Waals surface area contributed by atoms with Gasteiger partial charge in [-0.1, -0.05) is 18.6 Å². The van der Waals surface area contributed by atoms with E-state index < -0.39 is 17.7 Å². The highest BCUT2D eigenvalue weighted by atomic mass is 16.5. The number of likely N-dealkylation sites (tertiary alicyclic amines) is 2. The van der Waals surface area contributed by atoms with Crippen molar-refractivity contribution in [2.24, 2.45) is 7.05 Å². The van der Waals surface area contributed by atoms with E-state index in [1.807, 2.05) is 13.0 Å². The molecule has 3 heterocycles. The van der Waals surface area contributed by atoms with Crippen LogP contribution in [0.2, 0.25) is 0 Å². The van der Waals surface area contributed by atoms with Crippen molar-refractivity contribution in [2.45, 2.75) is 39.2 Å². The average Bonchev–Trinajstić information content (AvgIpc) is 3.27. The first-order chi connectivity index (χ1) is 16.8. The number of aryl methyl sites for hydroxylation is 2. The number of carbonyl (C=O) groups is 2. The maximum absolute atomic E-state index is 13.4. The molecule has 1 unspecified atom stereocenters. The molecule has 1 aromatic carbocycles. The number of para-hydroxylation sites is 1. The smallest absolute Gasteiger partial charge is 0.295 e. The molecule has 2 aliphatic rings. The van der Waals surface area contributed by atoms with E-state index in [-0.39, 0.29) is 11.3 Å². The molecule has 1 N–H and O–H groups in total. The second-order valence-electron chi connectivity index (χ2n) is 9.15. The Morgan fingerprint density at radius 3 is 2.40 bits per heavy atom. The Morgan fingerprint density at radius 1 is 1.09 bits per heavy atom. The van der Waals surface area contributed by atoms with Crippen LogP contribution in [0.5, 0.6) is 11.5 Å². The summed E-state index contributed by atoms with van der Waals surface area (Å²) in [6, 6.07) is 4.55. The largest absolute Gasteiger partial charge is 0.507 e. The topological polar surface area (TPSA) is 97.1 Å². The van der Waals surface area contributed by atoms with Crippen LogP contribution < -0.4 is 9.47 Å². The summed E-state index contributed by atoms with van der Waals surface area (Å²) >= 11 is 0. The van der Waals surface area contributed by atoms with Crippen molar-refractivity contribution >= 4 is 17.4 Å². The summed E-state index contributed by atoms with van der Waals surface area (Å²) in [5.74, 6) is -0.645. The first-order valence-corrected chi connectivity index (χ1v) is 12.0. The molecule has 0 aliphatic carbocycles. The Balaban J connectivity index is 1.86. The lowest BCUT2D eigenvalue weighted by Gasteiger charge is -2.31. The Morgan fingerprint density at radius 2 is 1.80 bits per heavy atom. The van der Waals surface area contributed by atoms with Crippen LogP contribution in [0.3, 0.4) is 0 Å². The summed E-state index contributed by atoms with van der Waals surface area (Å²) in [5, 5.41) is 15.9. The summed E-state index contributed by atoms with van der Waals surface area (Å²) < 4.78 is 12.8. The molecule has 0 bridgehead atoms. The summed E-state index contributed by atoms with van der Waals surface area (Å²) in [5.41, 5.74) is 2.38. The van der Waals surface area contributed by atoms with Crippen LogP contribution in [-0.4, -0.2) is 76.8 Å². The summed E-state index contributed by atoms with van der Waals surface area (Å²) in [7, 11) is 4.84. The predicted octanol–water partition coefficient (Wildman–Crippen LogP) is 2.96. The fourth-order valence-electron chi connectivity index (χ4n) is 5.24. The molecule has 0 spiro atoms. The van der Waals surface area contributed by atoms with Crippen LogP contribution in [-0.2, 0) is 16.6 Å². The third kappa shape index (κ3) is 4.40. The van der Waals surface area contributed by atoms with Crippen LogP contribution in [0.25, 0.3) is 5.76 Å². The van der Waals surface area contributed by atoms with Crippen molar-refractivity contribution in [1.82, 2.24) is 19.6 Å². The number of amides is 1. The Kier molecular flexibility index (Phi) is 7.16. The van der Waals surface area contributed by atoms with Gasteiger partial charge in [-0.25, -0.2) is 0 Å². The number of piperidine rings is 1. The fourth-order valence-corrected chi connectivity index (χ4v) is 5.24. The molecule has 2 aromatic rings. The van der Waals surface area contributed by atoms with Gasteiger partial charge in [-0.15, -0.1) is 0 Å². The van der Waals surface area contributed by atoms with E-state index in [1.54, 1.807) is 35.7 Å². The van der Waals surface area contributed by atoms with E-state index in [2.05, 4.69) is 10.00 Å². The lowest BCUT2D eigenvalue weighted by Crippen LogP contribution is -2.40. The van der Waals surface area contributed by atoms with Gasteiger partial charge in [0.05, 0.1) is 37.1 Å². The highest BCUT2D eigenvalue weighted by Gasteiger charge is 2.47. The number of hydrogen-bond donors (Lipinski definition) is 1. The number of carbonyl (C=O) groups excluding carboxylic acids is 2. The number of nitrogens with zero attached hydrogens (tertiary/aromatic N) is 4. The van der Waals surface area contributed by atoms with Gasteiger partial charge in [0, 0.05) is 31.4 Å². The number of aliphatic hydroxyl groups is 1. The van der Waals surface area contributed by atoms with Crippen LogP contribution in [0, 0.1) is 13.8 Å². The molecular weight excluding hydrogens is 448 g/mol. The minimum Gasteiger partial charge on any atom is -0.507 e. The Bertz CT molecular complexity index is 1160. The lowest BCUT2D eigenvalue weighted by molar-refractivity contribution is -0.140. The van der Waals surface area contributed by atoms with Crippen molar-refractivity contribution in [3.8, 4) is 11.5 Å².